The fourth-order valence-electron chi connectivity index (χ4n) is 3.27. The predicted octanol–water partition coefficient (Wildman–Crippen LogP) is 4.46. The summed E-state index contributed by atoms with van der Waals surface area (Å²) in [6, 6.07) is 6.26. The highest BCUT2D eigenvalue weighted by atomic mass is 35.5. The number of carbonyl (C=O) groups excluding carboxylic acids is 1. The van der Waals surface area contributed by atoms with Crippen molar-refractivity contribution in [2.75, 3.05) is 26.1 Å². The van der Waals surface area contributed by atoms with Crippen molar-refractivity contribution in [3.05, 3.63) is 45.4 Å². The fraction of sp³-hybridized carbons (Fsp3) is 0.316. The minimum Gasteiger partial charge on any atom is -0.493 e. The van der Waals surface area contributed by atoms with Crippen LogP contribution in [0.4, 0.5) is 5.69 Å². The lowest BCUT2D eigenvalue weighted by Gasteiger charge is -2.24. The highest BCUT2D eigenvalue weighted by molar-refractivity contribution is 7.89. The molecule has 1 aliphatic rings. The van der Waals surface area contributed by atoms with E-state index in [1.165, 1.54) is 48.9 Å². The zero-order valence-electron chi connectivity index (χ0n) is 16.1. The lowest BCUT2D eigenvalue weighted by molar-refractivity contribution is -0.119. The van der Waals surface area contributed by atoms with Crippen LogP contribution < -0.4 is 14.8 Å². The molecule has 3 rings (SSSR count). The standard InChI is InChI=1S/C19H19Cl3N2O5S/c1-28-16-6-5-12(10-17(16)29-2)30(26,27)24-7-3-4-15(24)19(25)23-18-13(21)8-11(20)9-14(18)22/h5-6,8-10,15H,3-4,7H2,1-2H3,(H,23,25). The van der Waals surface area contributed by atoms with E-state index in [9.17, 15) is 13.2 Å². The predicted molar refractivity (Wildman–Crippen MR) is 117 cm³/mol. The van der Waals surface area contributed by atoms with Crippen LogP contribution in [0.1, 0.15) is 12.8 Å². The number of sulfonamides is 1. The van der Waals surface area contributed by atoms with Gasteiger partial charge in [0.1, 0.15) is 6.04 Å². The molecule has 7 nitrogen and oxygen atoms in total. The van der Waals surface area contributed by atoms with Crippen LogP contribution in [0.5, 0.6) is 11.5 Å². The van der Waals surface area contributed by atoms with Crippen molar-refractivity contribution in [3.63, 3.8) is 0 Å². The zero-order valence-corrected chi connectivity index (χ0v) is 19.2. The molecule has 0 aliphatic carbocycles. The van der Waals surface area contributed by atoms with Gasteiger partial charge >= 0.3 is 0 Å². The number of halogens is 3. The van der Waals surface area contributed by atoms with Gasteiger partial charge in [-0.2, -0.15) is 4.31 Å². The second-order valence-corrected chi connectivity index (χ2v) is 9.67. The molecule has 0 radical (unpaired) electrons. The van der Waals surface area contributed by atoms with Crippen molar-refractivity contribution in [1.29, 1.82) is 0 Å². The van der Waals surface area contributed by atoms with E-state index in [1.54, 1.807) is 0 Å². The van der Waals surface area contributed by atoms with Crippen LogP contribution in [0, 0.1) is 0 Å². The molecule has 0 aromatic heterocycles. The van der Waals surface area contributed by atoms with Crippen LogP contribution in [0.25, 0.3) is 0 Å². The molecule has 162 valence electrons. The first-order chi connectivity index (χ1) is 14.2. The molecule has 2 aromatic carbocycles. The van der Waals surface area contributed by atoms with Gasteiger partial charge in [-0.15, -0.1) is 0 Å². The Hall–Kier alpha value is -1.71. The summed E-state index contributed by atoms with van der Waals surface area (Å²) in [7, 11) is -1.09. The Morgan fingerprint density at radius 1 is 1.07 bits per heavy atom. The van der Waals surface area contributed by atoms with Crippen molar-refractivity contribution in [1.82, 2.24) is 4.31 Å². The highest BCUT2D eigenvalue weighted by Gasteiger charge is 2.40. The molecule has 1 aliphatic heterocycles. The first-order valence-corrected chi connectivity index (χ1v) is 11.5. The van der Waals surface area contributed by atoms with E-state index in [2.05, 4.69) is 5.32 Å². The first kappa shape index (κ1) is 23.0. The second kappa shape index (κ2) is 9.20. The Morgan fingerprint density at radius 3 is 2.30 bits per heavy atom. The minimum atomic E-state index is -3.96. The van der Waals surface area contributed by atoms with E-state index < -0.39 is 22.0 Å². The normalized spacial score (nSPS) is 17.0. The van der Waals surface area contributed by atoms with Gasteiger partial charge in [0.15, 0.2) is 11.5 Å². The van der Waals surface area contributed by atoms with Crippen molar-refractivity contribution in [3.8, 4) is 11.5 Å². The van der Waals surface area contributed by atoms with E-state index in [0.717, 1.165) is 0 Å². The fourth-order valence-corrected chi connectivity index (χ4v) is 5.85. The lowest BCUT2D eigenvalue weighted by Crippen LogP contribution is -2.43. The number of methoxy groups -OCH3 is 2. The summed E-state index contributed by atoms with van der Waals surface area (Å²) in [5.41, 5.74) is 0.183. The second-order valence-electron chi connectivity index (χ2n) is 6.52. The Labute approximate surface area is 189 Å². The third kappa shape index (κ3) is 4.48. The summed E-state index contributed by atoms with van der Waals surface area (Å²) in [4.78, 5) is 12.9. The number of nitrogens with one attached hydrogen (secondary N) is 1. The van der Waals surface area contributed by atoms with Crippen molar-refractivity contribution >= 4 is 56.4 Å². The van der Waals surface area contributed by atoms with Crippen LogP contribution in [-0.4, -0.2) is 45.4 Å². The summed E-state index contributed by atoms with van der Waals surface area (Å²) < 4.78 is 38.0. The maximum Gasteiger partial charge on any atom is 0.243 e. The van der Waals surface area contributed by atoms with Gasteiger partial charge in [-0.1, -0.05) is 34.8 Å². The number of amides is 1. The van der Waals surface area contributed by atoms with Crippen LogP contribution in [0.15, 0.2) is 35.2 Å². The SMILES string of the molecule is COc1ccc(S(=O)(=O)N2CCCC2C(=O)Nc2c(Cl)cc(Cl)cc2Cl)cc1OC. The van der Waals surface area contributed by atoms with E-state index >= 15 is 0 Å². The summed E-state index contributed by atoms with van der Waals surface area (Å²) >= 11 is 18.2. The molecule has 1 N–H and O–H groups in total. The molecule has 1 saturated heterocycles. The van der Waals surface area contributed by atoms with Crippen LogP contribution in [0.2, 0.25) is 15.1 Å². The molecular formula is C19H19Cl3N2O5S. The Morgan fingerprint density at radius 2 is 1.70 bits per heavy atom. The number of rotatable bonds is 6. The monoisotopic (exact) mass is 492 g/mol. The average Bonchev–Trinajstić information content (AvgIpc) is 3.20. The molecule has 11 heteroatoms. The van der Waals surface area contributed by atoms with Gasteiger partial charge in [0.25, 0.3) is 0 Å². The molecule has 1 unspecified atom stereocenters. The molecule has 1 atom stereocenters. The number of anilines is 1. The molecule has 2 aromatic rings. The number of hydrogen-bond acceptors (Lipinski definition) is 5. The maximum atomic E-state index is 13.2. The molecule has 0 saturated carbocycles. The average molecular weight is 494 g/mol. The summed E-state index contributed by atoms with van der Waals surface area (Å²) in [5.74, 6) is 0.153. The Bertz CT molecular complexity index is 1050. The number of hydrogen-bond donors (Lipinski definition) is 1. The first-order valence-electron chi connectivity index (χ1n) is 8.88. The molecule has 1 fully saturated rings. The lowest BCUT2D eigenvalue weighted by atomic mass is 10.2. The third-order valence-corrected chi connectivity index (χ3v) is 7.44. The summed E-state index contributed by atoms with van der Waals surface area (Å²) in [5, 5.41) is 3.27. The van der Waals surface area contributed by atoms with E-state index in [-0.39, 0.29) is 32.9 Å². The largest absolute Gasteiger partial charge is 0.493 e. The molecule has 1 heterocycles. The van der Waals surface area contributed by atoms with Gasteiger partial charge in [0.05, 0.1) is 34.8 Å². The van der Waals surface area contributed by atoms with Gasteiger partial charge in [0, 0.05) is 17.6 Å². The molecule has 0 spiro atoms. The van der Waals surface area contributed by atoms with Gasteiger partial charge in [-0.3, -0.25) is 4.79 Å². The topological polar surface area (TPSA) is 84.9 Å². The number of nitrogens with zero attached hydrogens (tertiary/aromatic N) is 1. The van der Waals surface area contributed by atoms with E-state index in [1.807, 2.05) is 0 Å². The molecule has 30 heavy (non-hydrogen) atoms. The maximum absolute atomic E-state index is 13.2. The van der Waals surface area contributed by atoms with Crippen molar-refractivity contribution < 1.29 is 22.7 Å². The van der Waals surface area contributed by atoms with E-state index in [0.29, 0.717) is 23.6 Å². The minimum absolute atomic E-state index is 0.00223. The van der Waals surface area contributed by atoms with Crippen molar-refractivity contribution in [2.45, 2.75) is 23.8 Å². The molecular weight excluding hydrogens is 475 g/mol. The Balaban J connectivity index is 1.89. The highest BCUT2D eigenvalue weighted by Crippen LogP contribution is 2.36. The van der Waals surface area contributed by atoms with Gasteiger partial charge in [-0.25, -0.2) is 8.42 Å². The quantitative estimate of drug-likeness (QED) is 0.642. The number of carbonyl (C=O) groups is 1. The number of benzene rings is 2. The van der Waals surface area contributed by atoms with Crippen LogP contribution >= 0.6 is 34.8 Å². The summed E-state index contributed by atoms with van der Waals surface area (Å²) in [6.45, 7) is 0.205. The van der Waals surface area contributed by atoms with Gasteiger partial charge in [-0.05, 0) is 37.1 Å². The van der Waals surface area contributed by atoms with Gasteiger partial charge < -0.3 is 14.8 Å². The third-order valence-electron chi connectivity index (χ3n) is 4.72. The smallest absolute Gasteiger partial charge is 0.243 e. The van der Waals surface area contributed by atoms with Crippen LogP contribution in [-0.2, 0) is 14.8 Å². The van der Waals surface area contributed by atoms with E-state index in [4.69, 9.17) is 44.3 Å². The Kier molecular flexibility index (Phi) is 7.04. The molecule has 0 bridgehead atoms. The van der Waals surface area contributed by atoms with Crippen LogP contribution in [0.3, 0.4) is 0 Å². The number of ether oxygens (including phenoxy) is 2. The summed E-state index contributed by atoms with van der Waals surface area (Å²) in [6.07, 6.45) is 0.897. The van der Waals surface area contributed by atoms with Crippen molar-refractivity contribution in [2.24, 2.45) is 0 Å². The molecule has 1 amide bonds. The van der Waals surface area contributed by atoms with Gasteiger partial charge in [0.2, 0.25) is 15.9 Å². The zero-order chi connectivity index (χ0) is 22.1.